The Balaban J connectivity index is 0.000000664. The van der Waals surface area contributed by atoms with Gasteiger partial charge in [0.05, 0.1) is 23.3 Å². The molecule has 0 radical (unpaired) electrons. The van der Waals surface area contributed by atoms with Crippen LogP contribution >= 0.6 is 12.8 Å². The third-order valence-electron chi connectivity index (χ3n) is 5.52. The van der Waals surface area contributed by atoms with Crippen LogP contribution < -0.4 is 11.1 Å². The molecule has 1 aliphatic carbocycles. The van der Waals surface area contributed by atoms with Crippen LogP contribution in [0.4, 0.5) is 4.79 Å². The van der Waals surface area contributed by atoms with E-state index in [1.165, 1.54) is 10.2 Å². The first-order valence-corrected chi connectivity index (χ1v) is 14.1. The lowest BCUT2D eigenvalue weighted by atomic mass is 10.1. The van der Waals surface area contributed by atoms with E-state index in [0.29, 0.717) is 48.1 Å². The number of nitrogens with one attached hydrogen (secondary N) is 1. The maximum Gasteiger partial charge on any atom is 0.410 e. The Morgan fingerprint density at radius 1 is 1.26 bits per heavy atom. The predicted molar refractivity (Wildman–Crippen MR) is 162 cm³/mol. The summed E-state index contributed by atoms with van der Waals surface area (Å²) in [6.07, 6.45) is 7.62. The smallest absolute Gasteiger partial charge is 0.410 e. The summed E-state index contributed by atoms with van der Waals surface area (Å²) in [5, 5.41) is 2.99. The molecule has 218 valence electrons. The van der Waals surface area contributed by atoms with Crippen molar-refractivity contribution in [3.05, 3.63) is 36.4 Å². The number of carbonyl (C=O) groups is 2. The van der Waals surface area contributed by atoms with Crippen molar-refractivity contribution in [2.45, 2.75) is 86.2 Å². The number of nitrogens with zero attached hydrogens (tertiary/aromatic N) is 5. The largest absolute Gasteiger partial charge is 0.444 e. The zero-order chi connectivity index (χ0) is 29.8. The fourth-order valence-electron chi connectivity index (χ4n) is 3.70. The highest BCUT2D eigenvalue weighted by molar-refractivity contribution is 7.78. The molecule has 1 unspecified atom stereocenters. The number of amides is 2. The molecule has 1 saturated carbocycles. The van der Waals surface area contributed by atoms with Crippen LogP contribution in [0.2, 0.25) is 0 Å². The van der Waals surface area contributed by atoms with Gasteiger partial charge in [0, 0.05) is 37.9 Å². The number of fused-ring (bicyclic) bond motifs is 1. The zero-order valence-electron chi connectivity index (χ0n) is 24.8. The Kier molecular flexibility index (Phi) is 14.0. The number of nitrogens with two attached hydrogens (primary N) is 1. The number of ether oxygens (including phenoxy) is 1. The maximum absolute atomic E-state index is 12.8. The summed E-state index contributed by atoms with van der Waals surface area (Å²) < 4.78 is 6.96. The minimum Gasteiger partial charge on any atom is -0.444 e. The van der Waals surface area contributed by atoms with Crippen LogP contribution in [-0.2, 0) is 4.74 Å². The van der Waals surface area contributed by atoms with Gasteiger partial charge >= 0.3 is 6.09 Å². The molecule has 3 N–H and O–H groups in total. The average Bonchev–Trinajstić information content (AvgIpc) is 3.54. The van der Waals surface area contributed by atoms with E-state index >= 15 is 0 Å². The topological polar surface area (TPSA) is 128 Å². The average molecular weight is 562 g/mol. The van der Waals surface area contributed by atoms with E-state index in [1.807, 2.05) is 48.5 Å². The summed E-state index contributed by atoms with van der Waals surface area (Å²) in [5.74, 6) is 1.01. The SMILES string of the molecule is C=CN=C(C)N.CC.CC.CC(C)(C)OC(=O)N1CCC(CNC(=O)c2cn(S)c3ncc(C4CC4)nc23)C1. The van der Waals surface area contributed by atoms with Crippen LogP contribution in [0.15, 0.2) is 30.2 Å². The molecule has 0 bridgehead atoms. The molecule has 11 heteroatoms. The molecular formula is C28H47N7O3S. The zero-order valence-corrected chi connectivity index (χ0v) is 25.7. The lowest BCUT2D eigenvalue weighted by Gasteiger charge is -2.24. The Morgan fingerprint density at radius 2 is 1.90 bits per heavy atom. The highest BCUT2D eigenvalue weighted by Crippen LogP contribution is 2.39. The van der Waals surface area contributed by atoms with Gasteiger partial charge in [-0.2, -0.15) is 0 Å². The Morgan fingerprint density at radius 3 is 2.41 bits per heavy atom. The third-order valence-corrected chi connectivity index (χ3v) is 5.82. The van der Waals surface area contributed by atoms with Gasteiger partial charge in [-0.15, -0.1) is 0 Å². The lowest BCUT2D eigenvalue weighted by molar-refractivity contribution is 0.0288. The van der Waals surface area contributed by atoms with Crippen LogP contribution in [0, 0.1) is 5.92 Å². The Bertz CT molecular complexity index is 1120. The number of amidine groups is 1. The summed E-state index contributed by atoms with van der Waals surface area (Å²) in [4.78, 5) is 39.4. The second kappa shape index (κ2) is 16.1. The first-order valence-electron chi connectivity index (χ1n) is 13.7. The summed E-state index contributed by atoms with van der Waals surface area (Å²) in [6, 6.07) is 0. The van der Waals surface area contributed by atoms with Crippen molar-refractivity contribution in [1.82, 2.24) is 24.2 Å². The van der Waals surface area contributed by atoms with Gasteiger partial charge in [-0.3, -0.25) is 8.77 Å². The fourth-order valence-corrected chi connectivity index (χ4v) is 3.96. The van der Waals surface area contributed by atoms with Crippen molar-refractivity contribution < 1.29 is 14.3 Å². The number of carbonyl (C=O) groups excluding carboxylic acids is 2. The van der Waals surface area contributed by atoms with E-state index < -0.39 is 5.60 Å². The van der Waals surface area contributed by atoms with Crippen LogP contribution in [0.25, 0.3) is 11.2 Å². The number of likely N-dealkylation sites (tertiary alicyclic amines) is 1. The van der Waals surface area contributed by atoms with E-state index in [4.69, 9.17) is 10.5 Å². The first kappa shape index (κ1) is 33.9. The van der Waals surface area contributed by atoms with Gasteiger partial charge in [0.2, 0.25) is 0 Å². The molecule has 10 nitrogen and oxygen atoms in total. The minimum atomic E-state index is -0.509. The minimum absolute atomic E-state index is 0.194. The van der Waals surface area contributed by atoms with E-state index in [9.17, 15) is 9.59 Å². The summed E-state index contributed by atoms with van der Waals surface area (Å²) in [6.45, 7) is 20.3. The van der Waals surface area contributed by atoms with Gasteiger partial charge in [-0.25, -0.2) is 19.8 Å². The molecule has 39 heavy (non-hydrogen) atoms. The highest BCUT2D eigenvalue weighted by Gasteiger charge is 2.31. The maximum atomic E-state index is 12.8. The molecule has 4 rings (SSSR count). The molecule has 1 saturated heterocycles. The summed E-state index contributed by atoms with van der Waals surface area (Å²) >= 11 is 4.37. The lowest BCUT2D eigenvalue weighted by Crippen LogP contribution is -2.36. The van der Waals surface area contributed by atoms with Crippen LogP contribution in [0.5, 0.6) is 0 Å². The van der Waals surface area contributed by atoms with Crippen molar-refractivity contribution in [3.63, 3.8) is 0 Å². The molecule has 2 aromatic heterocycles. The van der Waals surface area contributed by atoms with Crippen molar-refractivity contribution in [2.24, 2.45) is 16.6 Å². The van der Waals surface area contributed by atoms with Gasteiger partial charge < -0.3 is 20.7 Å². The van der Waals surface area contributed by atoms with Crippen LogP contribution in [0.1, 0.15) is 96.6 Å². The van der Waals surface area contributed by atoms with E-state index in [1.54, 1.807) is 24.2 Å². The quantitative estimate of drug-likeness (QED) is 0.250. The van der Waals surface area contributed by atoms with Crippen molar-refractivity contribution >= 4 is 41.8 Å². The van der Waals surface area contributed by atoms with E-state index in [2.05, 4.69) is 39.7 Å². The van der Waals surface area contributed by atoms with Gasteiger partial charge in [0.15, 0.2) is 5.65 Å². The number of aromatic nitrogens is 3. The van der Waals surface area contributed by atoms with E-state index in [-0.39, 0.29) is 17.9 Å². The molecule has 2 aliphatic rings. The molecule has 1 atom stereocenters. The monoisotopic (exact) mass is 561 g/mol. The molecular weight excluding hydrogens is 514 g/mol. The molecule has 1 aliphatic heterocycles. The number of thiol groups is 1. The number of hydrogen-bond donors (Lipinski definition) is 3. The normalized spacial score (nSPS) is 16.6. The first-order chi connectivity index (χ1) is 18.5. The van der Waals surface area contributed by atoms with Crippen molar-refractivity contribution in [3.8, 4) is 0 Å². The number of hydrogen-bond acceptors (Lipinski definition) is 7. The molecule has 2 aromatic rings. The summed E-state index contributed by atoms with van der Waals surface area (Å²) in [5.41, 5.74) is 7.16. The van der Waals surface area contributed by atoms with Gasteiger partial charge in [-0.1, -0.05) is 47.1 Å². The molecule has 2 fully saturated rings. The second-order valence-electron chi connectivity index (χ2n) is 9.87. The molecule has 0 aromatic carbocycles. The molecule has 3 heterocycles. The number of aliphatic imine (C=N–C) groups is 1. The highest BCUT2D eigenvalue weighted by atomic mass is 32.1. The van der Waals surface area contributed by atoms with Gasteiger partial charge in [0.1, 0.15) is 11.1 Å². The van der Waals surface area contributed by atoms with Crippen molar-refractivity contribution in [2.75, 3.05) is 19.6 Å². The van der Waals surface area contributed by atoms with Crippen molar-refractivity contribution in [1.29, 1.82) is 0 Å². The molecule has 0 spiro atoms. The third kappa shape index (κ3) is 10.9. The fraction of sp³-hybridized carbons (Fsp3) is 0.607. The van der Waals surface area contributed by atoms with Crippen LogP contribution in [0.3, 0.4) is 0 Å². The predicted octanol–water partition coefficient (Wildman–Crippen LogP) is 5.55. The van der Waals surface area contributed by atoms with Crippen LogP contribution in [-0.4, -0.2) is 61.9 Å². The Hall–Kier alpha value is -3.08. The summed E-state index contributed by atoms with van der Waals surface area (Å²) in [7, 11) is 0. The van der Waals surface area contributed by atoms with Gasteiger partial charge in [-0.05, 0) is 52.9 Å². The van der Waals surface area contributed by atoms with E-state index in [0.717, 1.165) is 25.0 Å². The van der Waals surface area contributed by atoms with Gasteiger partial charge in [0.25, 0.3) is 5.91 Å². The number of rotatable bonds is 5. The molecule has 2 amide bonds. The second-order valence-corrected chi connectivity index (χ2v) is 10.3. The standard InChI is InChI=1S/C20H27N5O3S.C4H8N2.2C2H6/c1-20(2,3)28-19(27)24-7-6-12(10-24)8-22-18(26)14-11-25(29)17-16(14)23-15(9-21-17)13-4-5-13;1-3-6-4(2)5;2*1-2/h9,11-13,29H,4-8,10H2,1-3H3,(H,22,26);3H,1H2,2H3,(H2,5,6);2*1-2H3. The Labute approximate surface area is 239 Å².